The second-order valence-electron chi connectivity index (χ2n) is 6.23. The molecule has 2 aromatic rings. The fraction of sp³-hybridized carbons (Fsp3) is 0.316. The average Bonchev–Trinajstić information content (AvgIpc) is 2.57. The van der Waals surface area contributed by atoms with Crippen LogP contribution in [0.3, 0.4) is 0 Å². The summed E-state index contributed by atoms with van der Waals surface area (Å²) in [5.74, 6) is -0.241. The van der Waals surface area contributed by atoms with Gasteiger partial charge in [-0.25, -0.2) is 4.39 Å². The molecule has 1 N–H and O–H groups in total. The molecule has 0 saturated carbocycles. The summed E-state index contributed by atoms with van der Waals surface area (Å²) in [5, 5.41) is 2.57. The first-order valence-corrected chi connectivity index (χ1v) is 8.18. The monoisotopic (exact) mass is 349 g/mol. The number of ether oxygens (including phenoxy) is 1. The SMILES string of the molecule is CCC(C)(C)c1ccc(OCC(=O)Nc2ccc(F)c(Cl)c2)cc1. The molecular weight excluding hydrogens is 329 g/mol. The molecule has 24 heavy (non-hydrogen) atoms. The normalized spacial score (nSPS) is 11.2. The maximum atomic E-state index is 13.1. The van der Waals surface area contributed by atoms with Crippen molar-refractivity contribution in [1.82, 2.24) is 0 Å². The molecule has 0 aromatic heterocycles. The van der Waals surface area contributed by atoms with Gasteiger partial charge in [-0.2, -0.15) is 0 Å². The Morgan fingerprint density at radius 1 is 1.21 bits per heavy atom. The summed E-state index contributed by atoms with van der Waals surface area (Å²) >= 11 is 5.68. The summed E-state index contributed by atoms with van der Waals surface area (Å²) in [6.45, 7) is 6.39. The van der Waals surface area contributed by atoms with Crippen molar-refractivity contribution >= 4 is 23.2 Å². The number of carbonyl (C=O) groups is 1. The predicted molar refractivity (Wildman–Crippen MR) is 95.3 cm³/mol. The largest absolute Gasteiger partial charge is 0.484 e. The fourth-order valence-electron chi connectivity index (χ4n) is 2.13. The van der Waals surface area contributed by atoms with E-state index >= 15 is 0 Å². The van der Waals surface area contributed by atoms with E-state index in [4.69, 9.17) is 16.3 Å². The molecule has 0 bridgehead atoms. The molecule has 2 aromatic carbocycles. The highest BCUT2D eigenvalue weighted by atomic mass is 35.5. The van der Waals surface area contributed by atoms with Crippen LogP contribution in [-0.4, -0.2) is 12.5 Å². The molecule has 0 aliphatic heterocycles. The highest BCUT2D eigenvalue weighted by Gasteiger charge is 2.17. The van der Waals surface area contributed by atoms with Crippen LogP contribution in [0.25, 0.3) is 0 Å². The van der Waals surface area contributed by atoms with Crippen LogP contribution in [0.1, 0.15) is 32.8 Å². The summed E-state index contributed by atoms with van der Waals surface area (Å²) in [5.41, 5.74) is 1.76. The zero-order chi connectivity index (χ0) is 17.7. The van der Waals surface area contributed by atoms with Crippen molar-refractivity contribution in [2.75, 3.05) is 11.9 Å². The number of halogens is 2. The third-order valence-electron chi connectivity index (χ3n) is 4.09. The van der Waals surface area contributed by atoms with Gasteiger partial charge in [0.2, 0.25) is 0 Å². The first kappa shape index (κ1) is 18.3. The summed E-state index contributed by atoms with van der Waals surface area (Å²) in [6, 6.07) is 11.7. The maximum Gasteiger partial charge on any atom is 0.262 e. The zero-order valence-electron chi connectivity index (χ0n) is 14.0. The number of amides is 1. The highest BCUT2D eigenvalue weighted by Crippen LogP contribution is 2.28. The van der Waals surface area contributed by atoms with E-state index in [0.29, 0.717) is 11.4 Å². The van der Waals surface area contributed by atoms with E-state index in [0.717, 1.165) is 6.42 Å². The first-order chi connectivity index (χ1) is 11.3. The van der Waals surface area contributed by atoms with Crippen molar-refractivity contribution in [3.05, 3.63) is 58.9 Å². The number of hydrogen-bond donors (Lipinski definition) is 1. The van der Waals surface area contributed by atoms with E-state index in [1.54, 1.807) is 0 Å². The molecule has 0 heterocycles. The van der Waals surface area contributed by atoms with Crippen LogP contribution in [-0.2, 0) is 10.2 Å². The van der Waals surface area contributed by atoms with E-state index in [1.165, 1.54) is 23.8 Å². The molecule has 1 amide bonds. The van der Waals surface area contributed by atoms with Gasteiger partial charge >= 0.3 is 0 Å². The summed E-state index contributed by atoms with van der Waals surface area (Å²) < 4.78 is 18.6. The molecule has 128 valence electrons. The molecule has 0 aliphatic carbocycles. The third kappa shape index (κ3) is 4.71. The van der Waals surface area contributed by atoms with Crippen molar-refractivity contribution < 1.29 is 13.9 Å². The van der Waals surface area contributed by atoms with Gasteiger partial charge in [-0.15, -0.1) is 0 Å². The van der Waals surface area contributed by atoms with Gasteiger partial charge in [-0.1, -0.05) is 44.5 Å². The predicted octanol–water partition coefficient (Wildman–Crippen LogP) is 5.18. The molecule has 2 rings (SSSR count). The van der Waals surface area contributed by atoms with Crippen LogP contribution in [0.5, 0.6) is 5.75 Å². The van der Waals surface area contributed by atoms with Crippen molar-refractivity contribution in [1.29, 1.82) is 0 Å². The topological polar surface area (TPSA) is 38.3 Å². The van der Waals surface area contributed by atoms with E-state index in [-0.39, 0.29) is 23.0 Å². The lowest BCUT2D eigenvalue weighted by Crippen LogP contribution is -2.20. The van der Waals surface area contributed by atoms with Gasteiger partial charge < -0.3 is 10.1 Å². The average molecular weight is 350 g/mol. The molecule has 0 unspecified atom stereocenters. The van der Waals surface area contributed by atoms with Crippen LogP contribution in [0.15, 0.2) is 42.5 Å². The van der Waals surface area contributed by atoms with Crippen LogP contribution >= 0.6 is 11.6 Å². The summed E-state index contributed by atoms with van der Waals surface area (Å²) in [7, 11) is 0. The molecule has 0 radical (unpaired) electrons. The summed E-state index contributed by atoms with van der Waals surface area (Å²) in [4.78, 5) is 11.9. The molecular formula is C19H21ClFNO2. The molecule has 0 saturated heterocycles. The minimum Gasteiger partial charge on any atom is -0.484 e. The number of carbonyl (C=O) groups excluding carboxylic acids is 1. The van der Waals surface area contributed by atoms with E-state index in [9.17, 15) is 9.18 Å². The van der Waals surface area contributed by atoms with Crippen molar-refractivity contribution in [2.24, 2.45) is 0 Å². The van der Waals surface area contributed by atoms with Crippen LogP contribution in [0.2, 0.25) is 5.02 Å². The molecule has 0 atom stereocenters. The van der Waals surface area contributed by atoms with Gasteiger partial charge in [0.05, 0.1) is 5.02 Å². The smallest absolute Gasteiger partial charge is 0.262 e. The molecule has 5 heteroatoms. The maximum absolute atomic E-state index is 13.1. The van der Waals surface area contributed by atoms with Crippen LogP contribution in [0, 0.1) is 5.82 Å². The Morgan fingerprint density at radius 3 is 2.46 bits per heavy atom. The Balaban J connectivity index is 1.90. The van der Waals surface area contributed by atoms with E-state index in [1.807, 2.05) is 24.3 Å². The lowest BCUT2D eigenvalue weighted by Gasteiger charge is -2.23. The van der Waals surface area contributed by atoms with E-state index < -0.39 is 5.82 Å². The Bertz CT molecular complexity index is 714. The zero-order valence-corrected chi connectivity index (χ0v) is 14.8. The number of nitrogens with one attached hydrogen (secondary N) is 1. The molecule has 0 aliphatic rings. The van der Waals surface area contributed by atoms with Crippen molar-refractivity contribution in [2.45, 2.75) is 32.6 Å². The van der Waals surface area contributed by atoms with Crippen LogP contribution in [0.4, 0.5) is 10.1 Å². The number of rotatable bonds is 6. The fourth-order valence-corrected chi connectivity index (χ4v) is 2.31. The van der Waals surface area contributed by atoms with Gasteiger partial charge in [0.1, 0.15) is 11.6 Å². The van der Waals surface area contributed by atoms with E-state index in [2.05, 4.69) is 26.1 Å². The Hall–Kier alpha value is -2.07. The van der Waals surface area contributed by atoms with Crippen molar-refractivity contribution in [3.63, 3.8) is 0 Å². The minimum atomic E-state index is -0.527. The van der Waals surface area contributed by atoms with Gasteiger partial charge in [0, 0.05) is 5.69 Å². The van der Waals surface area contributed by atoms with Gasteiger partial charge in [-0.3, -0.25) is 4.79 Å². The molecule has 3 nitrogen and oxygen atoms in total. The van der Waals surface area contributed by atoms with Gasteiger partial charge in [0.15, 0.2) is 6.61 Å². The summed E-state index contributed by atoms with van der Waals surface area (Å²) in [6.07, 6.45) is 1.04. The van der Waals surface area contributed by atoms with Gasteiger partial charge in [0.25, 0.3) is 5.91 Å². The highest BCUT2D eigenvalue weighted by molar-refractivity contribution is 6.31. The lowest BCUT2D eigenvalue weighted by molar-refractivity contribution is -0.118. The second kappa shape index (κ2) is 7.67. The molecule has 0 spiro atoms. The minimum absolute atomic E-state index is 0.0390. The van der Waals surface area contributed by atoms with Crippen molar-refractivity contribution in [3.8, 4) is 5.75 Å². The lowest BCUT2D eigenvalue weighted by atomic mass is 9.82. The quantitative estimate of drug-likeness (QED) is 0.779. The van der Waals surface area contributed by atoms with Gasteiger partial charge in [-0.05, 0) is 47.7 Å². The first-order valence-electron chi connectivity index (χ1n) is 7.80. The third-order valence-corrected chi connectivity index (χ3v) is 4.38. The standard InChI is InChI=1S/C19H21ClFNO2/c1-4-19(2,3)13-5-8-15(9-6-13)24-12-18(23)22-14-7-10-17(21)16(20)11-14/h5-11H,4,12H2,1-3H3,(H,22,23). The Labute approximate surface area is 146 Å². The molecule has 0 fully saturated rings. The Kier molecular flexibility index (Phi) is 5.84. The number of hydrogen-bond acceptors (Lipinski definition) is 2. The number of anilines is 1. The number of benzene rings is 2. The Morgan fingerprint density at radius 2 is 1.88 bits per heavy atom. The second-order valence-corrected chi connectivity index (χ2v) is 6.63. The van der Waals surface area contributed by atoms with Crippen LogP contribution < -0.4 is 10.1 Å².